The number of para-hydroxylation sites is 1. The lowest BCUT2D eigenvalue weighted by molar-refractivity contribution is 0.116. The molecule has 1 saturated heterocycles. The summed E-state index contributed by atoms with van der Waals surface area (Å²) in [7, 11) is 3.92. The van der Waals surface area contributed by atoms with Crippen LogP contribution < -0.4 is 10.1 Å². The second-order valence-corrected chi connectivity index (χ2v) is 5.75. The zero-order chi connectivity index (χ0) is 14.7. The predicted molar refractivity (Wildman–Crippen MR) is 85.0 cm³/mol. The lowest BCUT2D eigenvalue weighted by Crippen LogP contribution is -2.56. The van der Waals surface area contributed by atoms with Crippen LogP contribution in [0.3, 0.4) is 0 Å². The molecule has 0 radical (unpaired) electrons. The fourth-order valence-corrected chi connectivity index (χ4v) is 3.10. The summed E-state index contributed by atoms with van der Waals surface area (Å²) < 4.78 is 5.49. The zero-order valence-electron chi connectivity index (χ0n) is 12.9. The van der Waals surface area contributed by atoms with Gasteiger partial charge in [-0.1, -0.05) is 18.2 Å². The Bertz CT molecular complexity index is 517. The van der Waals surface area contributed by atoms with E-state index in [4.69, 9.17) is 4.74 Å². The van der Waals surface area contributed by atoms with Crippen molar-refractivity contribution in [1.82, 2.24) is 15.1 Å². The minimum atomic E-state index is 0.358. The molecule has 0 saturated carbocycles. The smallest absolute Gasteiger partial charge is 0.123 e. The molecule has 1 atom stereocenters. The fraction of sp³-hybridized carbons (Fsp3) is 0.562. The first kappa shape index (κ1) is 14.4. The second kappa shape index (κ2) is 6.45. The Balaban J connectivity index is 1.78. The molecule has 1 aromatic carbocycles. The first-order chi connectivity index (χ1) is 10.3. The molecular weight excluding hydrogens is 264 g/mol. The van der Waals surface area contributed by atoms with Crippen molar-refractivity contribution in [3.63, 3.8) is 0 Å². The average molecular weight is 288 g/mol. The standard InChI is InChI=1S/C16H24N4O/c1-19-9-10-20(14(12-19)16-17-7-8-18-16)11-13-5-3-4-6-15(13)21-2/h3-6,14H,7-12H2,1-2H3,(H,17,18). The van der Waals surface area contributed by atoms with Gasteiger partial charge in [-0.05, 0) is 13.1 Å². The molecule has 0 spiro atoms. The third kappa shape index (κ3) is 3.19. The number of hydrogen-bond acceptors (Lipinski definition) is 5. The van der Waals surface area contributed by atoms with Crippen molar-refractivity contribution >= 4 is 5.84 Å². The zero-order valence-corrected chi connectivity index (χ0v) is 12.9. The maximum atomic E-state index is 5.49. The third-order valence-corrected chi connectivity index (χ3v) is 4.28. The van der Waals surface area contributed by atoms with E-state index in [1.807, 2.05) is 12.1 Å². The van der Waals surface area contributed by atoms with Gasteiger partial charge in [0.2, 0.25) is 0 Å². The van der Waals surface area contributed by atoms with E-state index < -0.39 is 0 Å². The van der Waals surface area contributed by atoms with Gasteiger partial charge in [0.25, 0.3) is 0 Å². The molecule has 1 aromatic rings. The molecule has 1 unspecified atom stereocenters. The minimum absolute atomic E-state index is 0.358. The van der Waals surface area contributed by atoms with Gasteiger partial charge in [-0.15, -0.1) is 0 Å². The van der Waals surface area contributed by atoms with E-state index in [-0.39, 0.29) is 0 Å². The van der Waals surface area contributed by atoms with E-state index in [9.17, 15) is 0 Å². The Morgan fingerprint density at radius 2 is 2.19 bits per heavy atom. The highest BCUT2D eigenvalue weighted by molar-refractivity contribution is 5.89. The first-order valence-corrected chi connectivity index (χ1v) is 7.60. The summed E-state index contributed by atoms with van der Waals surface area (Å²) in [6.07, 6.45) is 0. The molecule has 114 valence electrons. The second-order valence-electron chi connectivity index (χ2n) is 5.75. The molecule has 2 aliphatic heterocycles. The van der Waals surface area contributed by atoms with Crippen LogP contribution >= 0.6 is 0 Å². The molecule has 2 heterocycles. The lowest BCUT2D eigenvalue weighted by Gasteiger charge is -2.40. The number of likely N-dealkylation sites (N-methyl/N-ethyl adjacent to an activating group) is 1. The summed E-state index contributed by atoms with van der Waals surface area (Å²) in [5, 5.41) is 3.44. The molecule has 2 aliphatic rings. The summed E-state index contributed by atoms with van der Waals surface area (Å²) in [4.78, 5) is 9.52. The average Bonchev–Trinajstić information content (AvgIpc) is 3.04. The highest BCUT2D eigenvalue weighted by Crippen LogP contribution is 2.22. The molecule has 5 heteroatoms. The molecule has 0 bridgehead atoms. The number of nitrogens with zero attached hydrogens (tertiary/aromatic N) is 3. The number of amidine groups is 1. The number of rotatable bonds is 4. The molecule has 21 heavy (non-hydrogen) atoms. The first-order valence-electron chi connectivity index (χ1n) is 7.60. The Hall–Kier alpha value is -1.59. The van der Waals surface area contributed by atoms with E-state index in [2.05, 4.69) is 39.3 Å². The van der Waals surface area contributed by atoms with Crippen molar-refractivity contribution in [2.24, 2.45) is 4.99 Å². The normalized spacial score (nSPS) is 23.7. The van der Waals surface area contributed by atoms with Crippen molar-refractivity contribution in [2.75, 3.05) is 46.9 Å². The van der Waals surface area contributed by atoms with Crippen LogP contribution in [0.5, 0.6) is 5.75 Å². The van der Waals surface area contributed by atoms with Gasteiger partial charge in [0.1, 0.15) is 11.6 Å². The quantitative estimate of drug-likeness (QED) is 0.890. The summed E-state index contributed by atoms with van der Waals surface area (Å²) in [5.74, 6) is 2.12. The topological polar surface area (TPSA) is 40.1 Å². The number of benzene rings is 1. The van der Waals surface area contributed by atoms with E-state index in [0.29, 0.717) is 6.04 Å². The van der Waals surface area contributed by atoms with Crippen LogP contribution in [0.15, 0.2) is 29.3 Å². The summed E-state index contributed by atoms with van der Waals surface area (Å²) >= 11 is 0. The van der Waals surface area contributed by atoms with Crippen molar-refractivity contribution in [2.45, 2.75) is 12.6 Å². The molecule has 0 aliphatic carbocycles. The highest BCUT2D eigenvalue weighted by atomic mass is 16.5. The van der Waals surface area contributed by atoms with E-state index in [0.717, 1.165) is 50.9 Å². The van der Waals surface area contributed by atoms with Gasteiger partial charge < -0.3 is 15.0 Å². The van der Waals surface area contributed by atoms with Crippen molar-refractivity contribution in [3.05, 3.63) is 29.8 Å². The van der Waals surface area contributed by atoms with Gasteiger partial charge in [-0.2, -0.15) is 0 Å². The van der Waals surface area contributed by atoms with Crippen LogP contribution in [-0.4, -0.2) is 68.6 Å². The molecule has 0 aromatic heterocycles. The van der Waals surface area contributed by atoms with Crippen LogP contribution in [0, 0.1) is 0 Å². The van der Waals surface area contributed by atoms with Gasteiger partial charge in [-0.25, -0.2) is 0 Å². The van der Waals surface area contributed by atoms with Crippen molar-refractivity contribution in [3.8, 4) is 5.75 Å². The number of aliphatic imine (C=N–C) groups is 1. The fourth-order valence-electron chi connectivity index (χ4n) is 3.10. The molecule has 0 amide bonds. The largest absolute Gasteiger partial charge is 0.496 e. The number of methoxy groups -OCH3 is 1. The van der Waals surface area contributed by atoms with Gasteiger partial charge in [-0.3, -0.25) is 9.89 Å². The highest BCUT2D eigenvalue weighted by Gasteiger charge is 2.30. The molecule has 5 nitrogen and oxygen atoms in total. The van der Waals surface area contributed by atoms with Crippen LogP contribution in [0.1, 0.15) is 5.56 Å². The SMILES string of the molecule is COc1ccccc1CN1CCN(C)CC1C1=NCCN1. The number of piperazine rings is 1. The Morgan fingerprint density at radius 3 is 2.95 bits per heavy atom. The lowest BCUT2D eigenvalue weighted by atomic mass is 10.1. The molecule has 1 N–H and O–H groups in total. The van der Waals surface area contributed by atoms with Crippen molar-refractivity contribution < 1.29 is 4.74 Å². The summed E-state index contributed by atoms with van der Waals surface area (Å²) in [6, 6.07) is 8.64. The number of hydrogen-bond donors (Lipinski definition) is 1. The van der Waals surface area contributed by atoms with Gasteiger partial charge in [0, 0.05) is 38.3 Å². The molecule has 3 rings (SSSR count). The van der Waals surface area contributed by atoms with Gasteiger partial charge >= 0.3 is 0 Å². The third-order valence-electron chi connectivity index (χ3n) is 4.28. The minimum Gasteiger partial charge on any atom is -0.496 e. The van der Waals surface area contributed by atoms with Gasteiger partial charge in [0.15, 0.2) is 0 Å². The predicted octanol–water partition coefficient (Wildman–Crippen LogP) is 0.813. The van der Waals surface area contributed by atoms with Crippen LogP contribution in [-0.2, 0) is 6.54 Å². The molecular formula is C16H24N4O. The monoisotopic (exact) mass is 288 g/mol. The van der Waals surface area contributed by atoms with E-state index in [1.165, 1.54) is 5.56 Å². The van der Waals surface area contributed by atoms with E-state index in [1.54, 1.807) is 7.11 Å². The molecule has 1 fully saturated rings. The summed E-state index contributed by atoms with van der Waals surface area (Å²) in [5.41, 5.74) is 1.24. The van der Waals surface area contributed by atoms with Gasteiger partial charge in [0.05, 0.1) is 19.7 Å². The summed E-state index contributed by atoms with van der Waals surface area (Å²) in [6.45, 7) is 5.96. The van der Waals surface area contributed by atoms with Crippen molar-refractivity contribution in [1.29, 1.82) is 0 Å². The van der Waals surface area contributed by atoms with Crippen LogP contribution in [0.25, 0.3) is 0 Å². The van der Waals surface area contributed by atoms with E-state index >= 15 is 0 Å². The van der Waals surface area contributed by atoms with Crippen LogP contribution in [0.4, 0.5) is 0 Å². The van der Waals surface area contributed by atoms with Crippen LogP contribution in [0.2, 0.25) is 0 Å². The Labute approximate surface area is 126 Å². The maximum absolute atomic E-state index is 5.49. The maximum Gasteiger partial charge on any atom is 0.123 e. The Morgan fingerprint density at radius 1 is 1.33 bits per heavy atom. The Kier molecular flexibility index (Phi) is 4.41. The number of nitrogens with one attached hydrogen (secondary N) is 1. The number of ether oxygens (including phenoxy) is 1.